The molecule has 7 nitrogen and oxygen atoms in total. The van der Waals surface area contributed by atoms with Crippen LogP contribution >= 0.6 is 0 Å². The van der Waals surface area contributed by atoms with E-state index in [4.69, 9.17) is 10.8 Å². The zero-order chi connectivity index (χ0) is 15.1. The van der Waals surface area contributed by atoms with Gasteiger partial charge in [-0.1, -0.05) is 0 Å². The van der Waals surface area contributed by atoms with Crippen LogP contribution in [-0.2, 0) is 19.4 Å². The van der Waals surface area contributed by atoms with Crippen molar-refractivity contribution >= 4 is 21.7 Å². The molecule has 0 fully saturated rings. The summed E-state index contributed by atoms with van der Waals surface area (Å²) >= 11 is 0. The fraction of sp³-hybridized carbons (Fsp3) is 0.818. The van der Waals surface area contributed by atoms with Crippen molar-refractivity contribution in [2.24, 2.45) is 5.73 Å². The van der Waals surface area contributed by atoms with Crippen LogP contribution in [0.1, 0.15) is 32.6 Å². The number of carbonyl (C=O) groups is 2. The van der Waals surface area contributed by atoms with Gasteiger partial charge >= 0.3 is 5.97 Å². The van der Waals surface area contributed by atoms with E-state index in [1.54, 1.807) is 6.92 Å². The molecule has 0 saturated carbocycles. The van der Waals surface area contributed by atoms with Gasteiger partial charge in [0.15, 0.2) is 0 Å². The van der Waals surface area contributed by atoms with Crippen molar-refractivity contribution in [1.29, 1.82) is 0 Å². The summed E-state index contributed by atoms with van der Waals surface area (Å²) in [5.74, 6) is -1.41. The number of hydrogen-bond acceptors (Lipinski definition) is 5. The average Bonchev–Trinajstić information content (AvgIpc) is 2.24. The lowest BCUT2D eigenvalue weighted by molar-refractivity contribution is -0.137. The van der Waals surface area contributed by atoms with Crippen LogP contribution in [0.15, 0.2) is 0 Å². The topological polar surface area (TPSA) is 127 Å². The lowest BCUT2D eigenvalue weighted by Gasteiger charge is -2.17. The van der Waals surface area contributed by atoms with Gasteiger partial charge in [0.25, 0.3) is 0 Å². The Morgan fingerprint density at radius 2 is 1.89 bits per heavy atom. The smallest absolute Gasteiger partial charge is 0.303 e. The third kappa shape index (κ3) is 10.5. The second kappa shape index (κ2) is 8.11. The Bertz CT molecular complexity index is 407. The molecule has 2 unspecified atom stereocenters. The van der Waals surface area contributed by atoms with Gasteiger partial charge in [0.1, 0.15) is 9.84 Å². The van der Waals surface area contributed by atoms with E-state index in [9.17, 15) is 18.0 Å². The Morgan fingerprint density at radius 1 is 1.32 bits per heavy atom. The van der Waals surface area contributed by atoms with Crippen molar-refractivity contribution in [3.8, 4) is 0 Å². The normalized spacial score (nSPS) is 14.7. The number of nitrogens with two attached hydrogens (primary N) is 1. The molecule has 0 spiro atoms. The number of carboxylic acid groups (broad SMARTS) is 1. The lowest BCUT2D eigenvalue weighted by Crippen LogP contribution is -2.45. The van der Waals surface area contributed by atoms with Gasteiger partial charge in [-0.3, -0.25) is 9.59 Å². The monoisotopic (exact) mass is 294 g/mol. The number of aliphatic carboxylic acids is 1. The standard InChI is InChI=1S/C11H22N2O5S/c1-8(4-3-5-10(14)15)13-11(16)9(12)6-7-19(2,17)18/h8-9H,3-7,12H2,1-2H3,(H,13,16)(H,14,15). The maximum absolute atomic E-state index is 11.6. The van der Waals surface area contributed by atoms with Crippen LogP contribution in [0.5, 0.6) is 0 Å². The molecule has 0 aromatic carbocycles. The second-order valence-electron chi connectivity index (χ2n) is 4.72. The number of carbonyl (C=O) groups excluding carboxylic acids is 1. The Labute approximate surface area is 113 Å². The fourth-order valence-corrected chi connectivity index (χ4v) is 2.14. The number of amides is 1. The van der Waals surface area contributed by atoms with E-state index in [0.717, 1.165) is 6.26 Å². The first-order valence-corrected chi connectivity index (χ1v) is 8.13. The molecule has 0 radical (unpaired) electrons. The largest absolute Gasteiger partial charge is 0.481 e. The van der Waals surface area contributed by atoms with E-state index >= 15 is 0 Å². The van der Waals surface area contributed by atoms with Crippen LogP contribution in [0.3, 0.4) is 0 Å². The molecule has 0 aliphatic rings. The van der Waals surface area contributed by atoms with Gasteiger partial charge < -0.3 is 16.2 Å². The number of rotatable bonds is 9. The van der Waals surface area contributed by atoms with Gasteiger partial charge in [0.2, 0.25) is 5.91 Å². The Kier molecular flexibility index (Phi) is 7.62. The second-order valence-corrected chi connectivity index (χ2v) is 6.98. The number of carboxylic acids is 1. The lowest BCUT2D eigenvalue weighted by atomic mass is 10.1. The molecule has 0 aliphatic heterocycles. The van der Waals surface area contributed by atoms with Crippen LogP contribution in [0.4, 0.5) is 0 Å². The summed E-state index contributed by atoms with van der Waals surface area (Å²) in [5.41, 5.74) is 5.58. The molecule has 1 amide bonds. The third-order valence-corrected chi connectivity index (χ3v) is 3.53. The van der Waals surface area contributed by atoms with Crippen molar-refractivity contribution in [2.75, 3.05) is 12.0 Å². The molecule has 2 atom stereocenters. The SMILES string of the molecule is CC(CCCC(=O)O)NC(=O)C(N)CCS(C)(=O)=O. The first-order chi connectivity index (χ1) is 8.61. The average molecular weight is 294 g/mol. The summed E-state index contributed by atoms with van der Waals surface area (Å²) in [7, 11) is -3.13. The minimum atomic E-state index is -3.13. The molecule has 0 aromatic rings. The quantitative estimate of drug-likeness (QED) is 0.526. The third-order valence-electron chi connectivity index (χ3n) is 2.55. The Balaban J connectivity index is 3.97. The molecule has 112 valence electrons. The highest BCUT2D eigenvalue weighted by molar-refractivity contribution is 7.90. The molecule has 0 aromatic heterocycles. The minimum absolute atomic E-state index is 0.0559. The summed E-state index contributed by atoms with van der Waals surface area (Å²) in [6.07, 6.45) is 2.23. The maximum atomic E-state index is 11.6. The number of sulfone groups is 1. The highest BCUT2D eigenvalue weighted by Crippen LogP contribution is 2.02. The molecule has 0 bridgehead atoms. The molecule has 0 heterocycles. The van der Waals surface area contributed by atoms with E-state index in [1.165, 1.54) is 0 Å². The van der Waals surface area contributed by atoms with Gasteiger partial charge in [0, 0.05) is 18.7 Å². The predicted octanol–water partition coefficient (Wildman–Crippen LogP) is -0.492. The minimum Gasteiger partial charge on any atom is -0.481 e. The molecule has 0 aliphatic carbocycles. The van der Waals surface area contributed by atoms with Crippen LogP contribution in [0.25, 0.3) is 0 Å². The molecule has 0 saturated heterocycles. The highest BCUT2D eigenvalue weighted by atomic mass is 32.2. The molecule has 4 N–H and O–H groups in total. The van der Waals surface area contributed by atoms with E-state index in [2.05, 4.69) is 5.32 Å². The van der Waals surface area contributed by atoms with Crippen molar-refractivity contribution in [2.45, 2.75) is 44.7 Å². The first-order valence-electron chi connectivity index (χ1n) is 6.07. The van der Waals surface area contributed by atoms with Crippen LogP contribution in [0.2, 0.25) is 0 Å². The zero-order valence-corrected chi connectivity index (χ0v) is 12.1. The van der Waals surface area contributed by atoms with Crippen molar-refractivity contribution in [3.05, 3.63) is 0 Å². The van der Waals surface area contributed by atoms with E-state index < -0.39 is 27.8 Å². The van der Waals surface area contributed by atoms with Crippen molar-refractivity contribution in [1.82, 2.24) is 5.32 Å². The molecule has 8 heteroatoms. The van der Waals surface area contributed by atoms with Crippen molar-refractivity contribution < 1.29 is 23.1 Å². The van der Waals surface area contributed by atoms with Crippen molar-refractivity contribution in [3.63, 3.8) is 0 Å². The van der Waals surface area contributed by atoms with Gasteiger partial charge in [0.05, 0.1) is 11.8 Å². The Morgan fingerprint density at radius 3 is 2.37 bits per heavy atom. The summed E-state index contributed by atoms with van der Waals surface area (Å²) < 4.78 is 21.9. The Hall–Kier alpha value is -1.15. The molecular formula is C11H22N2O5S. The van der Waals surface area contributed by atoms with Crippen LogP contribution in [0, 0.1) is 0 Å². The van der Waals surface area contributed by atoms with Gasteiger partial charge in [-0.2, -0.15) is 0 Å². The first kappa shape index (κ1) is 17.8. The maximum Gasteiger partial charge on any atom is 0.303 e. The summed E-state index contributed by atoms with van der Waals surface area (Å²) in [4.78, 5) is 21.9. The van der Waals surface area contributed by atoms with Gasteiger partial charge in [-0.15, -0.1) is 0 Å². The highest BCUT2D eigenvalue weighted by Gasteiger charge is 2.17. The van der Waals surface area contributed by atoms with E-state index in [-0.39, 0.29) is 24.6 Å². The van der Waals surface area contributed by atoms with E-state index in [1.807, 2.05) is 0 Å². The van der Waals surface area contributed by atoms with E-state index in [0.29, 0.717) is 12.8 Å². The summed E-state index contributed by atoms with van der Waals surface area (Å²) in [6.45, 7) is 1.75. The predicted molar refractivity (Wildman–Crippen MR) is 71.4 cm³/mol. The van der Waals surface area contributed by atoms with Crippen LogP contribution in [-0.4, -0.2) is 49.5 Å². The molecular weight excluding hydrogens is 272 g/mol. The zero-order valence-electron chi connectivity index (χ0n) is 11.3. The van der Waals surface area contributed by atoms with Crippen LogP contribution < -0.4 is 11.1 Å². The van der Waals surface area contributed by atoms with Gasteiger partial charge in [-0.05, 0) is 26.2 Å². The summed E-state index contributed by atoms with van der Waals surface area (Å²) in [6, 6.07) is -1.05. The number of nitrogens with one attached hydrogen (secondary N) is 1. The fourth-order valence-electron chi connectivity index (χ4n) is 1.45. The van der Waals surface area contributed by atoms with Gasteiger partial charge in [-0.25, -0.2) is 8.42 Å². The summed E-state index contributed by atoms with van der Waals surface area (Å²) in [5, 5.41) is 11.1. The number of hydrogen-bond donors (Lipinski definition) is 3. The molecule has 19 heavy (non-hydrogen) atoms. The molecule has 0 rings (SSSR count).